The first-order valence-electron chi connectivity index (χ1n) is 7.47. The van der Waals surface area contributed by atoms with Crippen molar-refractivity contribution in [3.63, 3.8) is 0 Å². The second-order valence-corrected chi connectivity index (χ2v) is 7.42. The molecule has 2 rings (SSSR count). The summed E-state index contributed by atoms with van der Waals surface area (Å²) in [6, 6.07) is 6.15. The van der Waals surface area contributed by atoms with Crippen LogP contribution in [-0.4, -0.2) is 38.5 Å². The number of anilines is 1. The van der Waals surface area contributed by atoms with Gasteiger partial charge in [-0.3, -0.25) is 5.32 Å². The van der Waals surface area contributed by atoms with Crippen LogP contribution in [0.5, 0.6) is 0 Å². The number of hydrogen-bond acceptors (Lipinski definition) is 4. The lowest BCUT2D eigenvalue weighted by Gasteiger charge is -2.30. The number of carbonyl (C=O) groups is 1. The molecule has 6 nitrogen and oxygen atoms in total. The van der Waals surface area contributed by atoms with E-state index in [0.717, 1.165) is 12.8 Å². The predicted octanol–water partition coefficient (Wildman–Crippen LogP) is 2.68. The number of nitrogens with zero attached hydrogens (tertiary/aromatic N) is 1. The zero-order valence-electron chi connectivity index (χ0n) is 12.9. The van der Waals surface area contributed by atoms with Crippen LogP contribution in [0.3, 0.4) is 0 Å². The molecule has 0 spiro atoms. The number of rotatable bonds is 4. The number of piperidine rings is 1. The van der Waals surface area contributed by atoms with E-state index in [2.05, 4.69) is 12.2 Å². The Morgan fingerprint density at radius 3 is 2.64 bits per heavy atom. The van der Waals surface area contributed by atoms with Gasteiger partial charge in [0.25, 0.3) is 0 Å². The van der Waals surface area contributed by atoms with Gasteiger partial charge in [-0.25, -0.2) is 13.2 Å². The van der Waals surface area contributed by atoms with Crippen LogP contribution >= 0.6 is 0 Å². The molecular weight excluding hydrogens is 304 g/mol. The van der Waals surface area contributed by atoms with Gasteiger partial charge in [-0.15, -0.1) is 0 Å². The van der Waals surface area contributed by atoms with Gasteiger partial charge in [0, 0.05) is 18.8 Å². The smallest absolute Gasteiger partial charge is 0.411 e. The Kier molecular flexibility index (Phi) is 5.42. The van der Waals surface area contributed by atoms with Crippen LogP contribution in [-0.2, 0) is 14.8 Å². The molecule has 1 saturated heterocycles. The van der Waals surface area contributed by atoms with Gasteiger partial charge in [-0.2, -0.15) is 4.31 Å². The third kappa shape index (κ3) is 3.98. The molecule has 1 heterocycles. The first-order chi connectivity index (χ1) is 10.4. The monoisotopic (exact) mass is 326 g/mol. The maximum absolute atomic E-state index is 12.6. The first-order valence-corrected chi connectivity index (χ1v) is 8.91. The summed E-state index contributed by atoms with van der Waals surface area (Å²) in [4.78, 5) is 11.6. The zero-order chi connectivity index (χ0) is 16.2. The van der Waals surface area contributed by atoms with Gasteiger partial charge < -0.3 is 4.74 Å². The number of amides is 1. The molecular formula is C15H22N2O4S. The fraction of sp³-hybridized carbons (Fsp3) is 0.533. The summed E-state index contributed by atoms with van der Waals surface area (Å²) in [5, 5.41) is 2.54. The topological polar surface area (TPSA) is 75.7 Å². The Labute approximate surface area is 131 Å². The van der Waals surface area contributed by atoms with E-state index >= 15 is 0 Å². The van der Waals surface area contributed by atoms with E-state index in [-0.39, 0.29) is 11.5 Å². The van der Waals surface area contributed by atoms with Gasteiger partial charge in [0.2, 0.25) is 10.0 Å². The minimum atomic E-state index is -3.46. The standard InChI is InChI=1S/C15H22N2O4S/c1-3-21-15(18)16-13-6-8-14(9-7-13)22(19,20)17-10-4-5-12(2)11-17/h6-9,12H,3-5,10-11H2,1-2H3,(H,16,18)/t12-/m1/s1. The Bertz CT molecular complexity index is 613. The fourth-order valence-electron chi connectivity index (χ4n) is 2.51. The molecule has 1 aliphatic heterocycles. The Morgan fingerprint density at radius 2 is 2.05 bits per heavy atom. The summed E-state index contributed by atoms with van der Waals surface area (Å²) in [6.45, 7) is 5.19. The molecule has 1 fully saturated rings. The van der Waals surface area contributed by atoms with Crippen molar-refractivity contribution in [1.29, 1.82) is 0 Å². The summed E-state index contributed by atoms with van der Waals surface area (Å²) < 4.78 is 31.5. The molecule has 0 aromatic heterocycles. The van der Waals surface area contributed by atoms with Gasteiger partial charge in [0.15, 0.2) is 0 Å². The van der Waals surface area contributed by atoms with Crippen molar-refractivity contribution in [3.05, 3.63) is 24.3 Å². The SMILES string of the molecule is CCOC(=O)Nc1ccc(S(=O)(=O)N2CCC[C@@H](C)C2)cc1. The summed E-state index contributed by atoms with van der Waals surface area (Å²) in [5.41, 5.74) is 0.504. The van der Waals surface area contributed by atoms with Gasteiger partial charge in [-0.05, 0) is 49.9 Å². The van der Waals surface area contributed by atoms with Crippen molar-refractivity contribution < 1.29 is 17.9 Å². The molecule has 1 atom stereocenters. The molecule has 0 saturated carbocycles. The van der Waals surface area contributed by atoms with Crippen molar-refractivity contribution in [2.75, 3.05) is 25.0 Å². The average Bonchev–Trinajstić information content (AvgIpc) is 2.48. The third-order valence-corrected chi connectivity index (χ3v) is 5.51. The number of nitrogens with one attached hydrogen (secondary N) is 1. The molecule has 0 bridgehead atoms. The zero-order valence-corrected chi connectivity index (χ0v) is 13.7. The summed E-state index contributed by atoms with van der Waals surface area (Å²) in [5.74, 6) is 0.383. The van der Waals surface area contributed by atoms with E-state index in [0.29, 0.717) is 24.7 Å². The van der Waals surface area contributed by atoms with Gasteiger partial charge in [0.1, 0.15) is 0 Å². The van der Waals surface area contributed by atoms with Crippen molar-refractivity contribution >= 4 is 21.8 Å². The highest BCUT2D eigenvalue weighted by Gasteiger charge is 2.28. The Hall–Kier alpha value is -1.60. The maximum atomic E-state index is 12.6. The minimum absolute atomic E-state index is 0.246. The molecule has 0 unspecified atom stereocenters. The molecule has 1 N–H and O–H groups in total. The summed E-state index contributed by atoms with van der Waals surface area (Å²) in [7, 11) is -3.46. The normalized spacial score (nSPS) is 19.6. The lowest BCUT2D eigenvalue weighted by molar-refractivity contribution is 0.168. The molecule has 0 aliphatic carbocycles. The highest BCUT2D eigenvalue weighted by atomic mass is 32.2. The lowest BCUT2D eigenvalue weighted by atomic mass is 10.0. The molecule has 1 amide bonds. The molecule has 1 aromatic rings. The van der Waals surface area contributed by atoms with Crippen LogP contribution in [0.1, 0.15) is 26.7 Å². The fourth-order valence-corrected chi connectivity index (χ4v) is 4.11. The van der Waals surface area contributed by atoms with Crippen LogP contribution in [0.15, 0.2) is 29.2 Å². The molecule has 1 aliphatic rings. The highest BCUT2D eigenvalue weighted by Crippen LogP contribution is 2.24. The van der Waals surface area contributed by atoms with Gasteiger partial charge in [0.05, 0.1) is 11.5 Å². The second-order valence-electron chi connectivity index (χ2n) is 5.48. The third-order valence-electron chi connectivity index (χ3n) is 3.63. The van der Waals surface area contributed by atoms with E-state index in [1.54, 1.807) is 19.1 Å². The number of ether oxygens (including phenoxy) is 1. The summed E-state index contributed by atoms with van der Waals surface area (Å²) >= 11 is 0. The molecule has 22 heavy (non-hydrogen) atoms. The van der Waals surface area contributed by atoms with E-state index in [1.165, 1.54) is 16.4 Å². The Balaban J connectivity index is 2.10. The summed E-state index contributed by atoms with van der Waals surface area (Å²) in [6.07, 6.45) is 1.40. The van der Waals surface area contributed by atoms with E-state index in [1.807, 2.05) is 0 Å². The lowest BCUT2D eigenvalue weighted by Crippen LogP contribution is -2.39. The van der Waals surface area contributed by atoms with E-state index in [9.17, 15) is 13.2 Å². The van der Waals surface area contributed by atoms with Crippen molar-refractivity contribution in [1.82, 2.24) is 4.31 Å². The van der Waals surface area contributed by atoms with Crippen LogP contribution in [0.4, 0.5) is 10.5 Å². The second kappa shape index (κ2) is 7.11. The molecule has 1 aromatic carbocycles. The van der Waals surface area contributed by atoms with Crippen molar-refractivity contribution in [3.8, 4) is 0 Å². The average molecular weight is 326 g/mol. The van der Waals surface area contributed by atoms with Crippen LogP contribution in [0, 0.1) is 5.92 Å². The minimum Gasteiger partial charge on any atom is -0.450 e. The highest BCUT2D eigenvalue weighted by molar-refractivity contribution is 7.89. The maximum Gasteiger partial charge on any atom is 0.411 e. The predicted molar refractivity (Wildman–Crippen MR) is 84.2 cm³/mol. The van der Waals surface area contributed by atoms with Crippen LogP contribution in [0.2, 0.25) is 0 Å². The van der Waals surface area contributed by atoms with Crippen molar-refractivity contribution in [2.24, 2.45) is 5.92 Å². The molecule has 0 radical (unpaired) electrons. The quantitative estimate of drug-likeness (QED) is 0.923. The van der Waals surface area contributed by atoms with Gasteiger partial charge in [-0.1, -0.05) is 6.92 Å². The largest absolute Gasteiger partial charge is 0.450 e. The number of benzene rings is 1. The number of hydrogen-bond donors (Lipinski definition) is 1. The number of sulfonamides is 1. The van der Waals surface area contributed by atoms with Crippen LogP contribution < -0.4 is 5.32 Å². The van der Waals surface area contributed by atoms with Crippen molar-refractivity contribution in [2.45, 2.75) is 31.6 Å². The molecule has 7 heteroatoms. The Morgan fingerprint density at radius 1 is 1.36 bits per heavy atom. The molecule has 122 valence electrons. The van der Waals surface area contributed by atoms with Gasteiger partial charge >= 0.3 is 6.09 Å². The van der Waals surface area contributed by atoms with Crippen LogP contribution in [0.25, 0.3) is 0 Å². The number of carbonyl (C=O) groups excluding carboxylic acids is 1. The van der Waals surface area contributed by atoms with E-state index < -0.39 is 16.1 Å². The van der Waals surface area contributed by atoms with E-state index in [4.69, 9.17) is 4.74 Å². The first kappa shape index (κ1) is 16.8.